The van der Waals surface area contributed by atoms with Gasteiger partial charge in [-0.15, -0.1) is 0 Å². The van der Waals surface area contributed by atoms with Crippen molar-refractivity contribution in [2.45, 2.75) is 32.5 Å². The number of rotatable bonds is 5. The van der Waals surface area contributed by atoms with Gasteiger partial charge in [0, 0.05) is 5.92 Å². The molecule has 2 rings (SSSR count). The van der Waals surface area contributed by atoms with Crippen LogP contribution in [0.5, 0.6) is 5.75 Å². The van der Waals surface area contributed by atoms with Crippen LogP contribution < -0.4 is 4.74 Å². The first-order valence-electron chi connectivity index (χ1n) is 5.64. The van der Waals surface area contributed by atoms with Gasteiger partial charge in [0.1, 0.15) is 5.75 Å². The molecule has 15 heavy (non-hydrogen) atoms. The van der Waals surface area contributed by atoms with Crippen molar-refractivity contribution in [3.63, 3.8) is 0 Å². The zero-order valence-electron chi connectivity index (χ0n) is 9.35. The quantitative estimate of drug-likeness (QED) is 0.691. The van der Waals surface area contributed by atoms with Crippen molar-refractivity contribution < 1.29 is 9.47 Å². The largest absolute Gasteiger partial charge is 0.493 e. The van der Waals surface area contributed by atoms with Gasteiger partial charge in [-0.3, -0.25) is 0 Å². The van der Waals surface area contributed by atoms with Crippen LogP contribution in [0.1, 0.15) is 20.3 Å². The summed E-state index contributed by atoms with van der Waals surface area (Å²) in [5, 5.41) is 0. The van der Waals surface area contributed by atoms with E-state index in [0.29, 0.717) is 18.1 Å². The highest BCUT2D eigenvalue weighted by atomic mass is 16.6. The van der Waals surface area contributed by atoms with Crippen LogP contribution in [0.25, 0.3) is 0 Å². The normalized spacial score (nSPS) is 26.0. The molecule has 3 unspecified atom stereocenters. The molecular formula is C13H18O2. The van der Waals surface area contributed by atoms with E-state index in [-0.39, 0.29) is 0 Å². The van der Waals surface area contributed by atoms with E-state index in [1.807, 2.05) is 30.3 Å². The van der Waals surface area contributed by atoms with E-state index in [1.54, 1.807) is 0 Å². The molecule has 1 saturated heterocycles. The predicted molar refractivity (Wildman–Crippen MR) is 60.1 cm³/mol. The van der Waals surface area contributed by atoms with Gasteiger partial charge in [0.05, 0.1) is 18.8 Å². The molecule has 1 aromatic carbocycles. The molecule has 0 radical (unpaired) electrons. The zero-order chi connectivity index (χ0) is 10.7. The van der Waals surface area contributed by atoms with Crippen LogP contribution in [0.15, 0.2) is 30.3 Å². The highest BCUT2D eigenvalue weighted by Crippen LogP contribution is 2.31. The Morgan fingerprint density at radius 3 is 2.67 bits per heavy atom. The molecule has 2 nitrogen and oxygen atoms in total. The van der Waals surface area contributed by atoms with Crippen molar-refractivity contribution in [1.29, 1.82) is 0 Å². The molecule has 0 amide bonds. The maximum atomic E-state index is 5.68. The number of hydrogen-bond donors (Lipinski definition) is 0. The van der Waals surface area contributed by atoms with Crippen LogP contribution in [0.4, 0.5) is 0 Å². The maximum absolute atomic E-state index is 5.68. The first-order chi connectivity index (χ1) is 7.31. The molecule has 2 heteroatoms. The summed E-state index contributed by atoms with van der Waals surface area (Å²) in [7, 11) is 0. The highest BCUT2D eigenvalue weighted by molar-refractivity contribution is 5.20. The van der Waals surface area contributed by atoms with Gasteiger partial charge in [-0.1, -0.05) is 32.0 Å². The van der Waals surface area contributed by atoms with Crippen LogP contribution >= 0.6 is 0 Å². The van der Waals surface area contributed by atoms with E-state index < -0.39 is 0 Å². The Hall–Kier alpha value is -1.02. The van der Waals surface area contributed by atoms with Gasteiger partial charge in [0.15, 0.2) is 0 Å². The molecule has 1 fully saturated rings. The van der Waals surface area contributed by atoms with E-state index in [4.69, 9.17) is 9.47 Å². The van der Waals surface area contributed by atoms with E-state index in [9.17, 15) is 0 Å². The maximum Gasteiger partial charge on any atom is 0.119 e. The summed E-state index contributed by atoms with van der Waals surface area (Å²) in [6.45, 7) is 5.09. The fourth-order valence-corrected chi connectivity index (χ4v) is 1.82. The Bertz CT molecular complexity index is 297. The smallest absolute Gasteiger partial charge is 0.119 e. The van der Waals surface area contributed by atoms with Gasteiger partial charge < -0.3 is 9.47 Å². The first kappa shape index (κ1) is 10.5. The predicted octanol–water partition coefficient (Wildman–Crippen LogP) is 2.88. The SMILES string of the molecule is CCC1OC1C(C)COc1ccccc1. The molecule has 0 bridgehead atoms. The summed E-state index contributed by atoms with van der Waals surface area (Å²) >= 11 is 0. The van der Waals surface area contributed by atoms with Crippen molar-refractivity contribution in [2.24, 2.45) is 5.92 Å². The van der Waals surface area contributed by atoms with Crippen LogP contribution in [-0.2, 0) is 4.74 Å². The van der Waals surface area contributed by atoms with Crippen molar-refractivity contribution in [2.75, 3.05) is 6.61 Å². The molecule has 82 valence electrons. The van der Waals surface area contributed by atoms with Crippen molar-refractivity contribution in [3.05, 3.63) is 30.3 Å². The Kier molecular flexibility index (Phi) is 3.27. The topological polar surface area (TPSA) is 21.8 Å². The lowest BCUT2D eigenvalue weighted by Gasteiger charge is -2.10. The molecule has 1 aromatic rings. The third-order valence-corrected chi connectivity index (χ3v) is 2.84. The second kappa shape index (κ2) is 4.67. The van der Waals surface area contributed by atoms with Crippen LogP contribution in [0.2, 0.25) is 0 Å². The summed E-state index contributed by atoms with van der Waals surface area (Å²) in [6.07, 6.45) is 2.00. The highest BCUT2D eigenvalue weighted by Gasteiger charge is 2.41. The van der Waals surface area contributed by atoms with Crippen LogP contribution in [-0.4, -0.2) is 18.8 Å². The number of benzene rings is 1. The van der Waals surface area contributed by atoms with E-state index >= 15 is 0 Å². The third kappa shape index (κ3) is 2.72. The average Bonchev–Trinajstić information content (AvgIpc) is 3.06. The van der Waals surface area contributed by atoms with Crippen molar-refractivity contribution in [3.8, 4) is 5.75 Å². The molecule has 1 aliphatic rings. The summed E-state index contributed by atoms with van der Waals surface area (Å²) in [4.78, 5) is 0. The number of hydrogen-bond acceptors (Lipinski definition) is 2. The minimum absolute atomic E-state index is 0.415. The number of ether oxygens (including phenoxy) is 2. The van der Waals surface area contributed by atoms with Gasteiger partial charge in [0.2, 0.25) is 0 Å². The van der Waals surface area contributed by atoms with Crippen LogP contribution in [0, 0.1) is 5.92 Å². The van der Waals surface area contributed by atoms with Crippen molar-refractivity contribution in [1.82, 2.24) is 0 Å². The Labute approximate surface area is 91.2 Å². The standard InChI is InChI=1S/C13H18O2/c1-3-12-13(15-12)10(2)9-14-11-7-5-4-6-8-11/h4-8,10,12-13H,3,9H2,1-2H3. The van der Waals surface area contributed by atoms with Gasteiger partial charge in [-0.2, -0.15) is 0 Å². The molecule has 0 N–H and O–H groups in total. The number of epoxide rings is 1. The van der Waals surface area contributed by atoms with Gasteiger partial charge in [0.25, 0.3) is 0 Å². The molecule has 3 atom stereocenters. The second-order valence-corrected chi connectivity index (χ2v) is 4.15. The Morgan fingerprint density at radius 2 is 2.07 bits per heavy atom. The lowest BCUT2D eigenvalue weighted by molar-refractivity contribution is 0.222. The van der Waals surface area contributed by atoms with Crippen molar-refractivity contribution >= 4 is 0 Å². The third-order valence-electron chi connectivity index (χ3n) is 2.84. The second-order valence-electron chi connectivity index (χ2n) is 4.15. The monoisotopic (exact) mass is 206 g/mol. The Balaban J connectivity index is 1.74. The molecule has 0 spiro atoms. The summed E-state index contributed by atoms with van der Waals surface area (Å²) in [5.74, 6) is 1.42. The number of para-hydroxylation sites is 1. The summed E-state index contributed by atoms with van der Waals surface area (Å²) in [6, 6.07) is 9.94. The van der Waals surface area contributed by atoms with Gasteiger partial charge in [-0.25, -0.2) is 0 Å². The molecule has 0 aliphatic carbocycles. The minimum Gasteiger partial charge on any atom is -0.493 e. The molecule has 0 saturated carbocycles. The van der Waals surface area contributed by atoms with Crippen LogP contribution in [0.3, 0.4) is 0 Å². The van der Waals surface area contributed by atoms with E-state index in [1.165, 1.54) is 0 Å². The molecule has 1 heterocycles. The van der Waals surface area contributed by atoms with Gasteiger partial charge >= 0.3 is 0 Å². The molecule has 1 aliphatic heterocycles. The summed E-state index contributed by atoms with van der Waals surface area (Å²) < 4.78 is 11.2. The first-order valence-corrected chi connectivity index (χ1v) is 5.64. The van der Waals surface area contributed by atoms with Gasteiger partial charge in [-0.05, 0) is 18.6 Å². The molecule has 0 aromatic heterocycles. The van der Waals surface area contributed by atoms with E-state index in [2.05, 4.69) is 13.8 Å². The fraction of sp³-hybridized carbons (Fsp3) is 0.538. The Morgan fingerprint density at radius 1 is 1.33 bits per heavy atom. The van der Waals surface area contributed by atoms with E-state index in [0.717, 1.165) is 18.8 Å². The average molecular weight is 206 g/mol. The lowest BCUT2D eigenvalue weighted by Crippen LogP contribution is -2.15. The fourth-order valence-electron chi connectivity index (χ4n) is 1.82. The lowest BCUT2D eigenvalue weighted by atomic mass is 10.1. The summed E-state index contributed by atoms with van der Waals surface area (Å²) in [5.41, 5.74) is 0. The molecular weight excluding hydrogens is 188 g/mol. The zero-order valence-corrected chi connectivity index (χ0v) is 9.35. The minimum atomic E-state index is 0.415.